The molecule has 2 rings (SSSR count). The van der Waals surface area contributed by atoms with Gasteiger partial charge in [0, 0.05) is 17.1 Å². The molecular formula is C14H25N3S. The molecule has 0 bridgehead atoms. The summed E-state index contributed by atoms with van der Waals surface area (Å²) in [7, 11) is 0. The highest BCUT2D eigenvalue weighted by Crippen LogP contribution is 2.19. The van der Waals surface area contributed by atoms with Crippen molar-refractivity contribution < 1.29 is 0 Å². The summed E-state index contributed by atoms with van der Waals surface area (Å²) in [5, 5.41) is 6.94. The van der Waals surface area contributed by atoms with Crippen LogP contribution in [0.5, 0.6) is 0 Å². The lowest BCUT2D eigenvalue weighted by Crippen LogP contribution is -2.42. The number of thiazole rings is 1. The summed E-state index contributed by atoms with van der Waals surface area (Å²) in [4.78, 5) is 6.90. The number of hydrogen-bond acceptors (Lipinski definition) is 4. The lowest BCUT2D eigenvalue weighted by Gasteiger charge is -2.33. The van der Waals surface area contributed by atoms with Gasteiger partial charge in [-0.3, -0.25) is 4.90 Å². The first-order valence-electron chi connectivity index (χ1n) is 6.89. The maximum atomic E-state index is 4.36. The molecule has 102 valence electrons. The van der Waals surface area contributed by atoms with E-state index in [1.54, 1.807) is 11.3 Å². The SMILES string of the molecule is CC(C)(C)NCC1CCN(Cc2nccs2)CC1. The van der Waals surface area contributed by atoms with Gasteiger partial charge in [-0.15, -0.1) is 11.3 Å². The molecule has 4 heteroatoms. The molecule has 1 fully saturated rings. The Hall–Kier alpha value is -0.450. The molecule has 1 aromatic heterocycles. The van der Waals surface area contributed by atoms with Crippen LogP contribution in [0.4, 0.5) is 0 Å². The summed E-state index contributed by atoms with van der Waals surface area (Å²) in [5.74, 6) is 0.844. The van der Waals surface area contributed by atoms with E-state index in [2.05, 4.69) is 41.4 Å². The van der Waals surface area contributed by atoms with E-state index in [1.807, 2.05) is 6.20 Å². The zero-order valence-electron chi connectivity index (χ0n) is 11.8. The first kappa shape index (κ1) is 14.0. The summed E-state index contributed by atoms with van der Waals surface area (Å²) in [6.45, 7) is 11.4. The van der Waals surface area contributed by atoms with Crippen molar-refractivity contribution in [3.63, 3.8) is 0 Å². The van der Waals surface area contributed by atoms with Gasteiger partial charge in [-0.2, -0.15) is 0 Å². The van der Waals surface area contributed by atoms with Crippen LogP contribution in [0.3, 0.4) is 0 Å². The van der Waals surface area contributed by atoms with E-state index >= 15 is 0 Å². The molecule has 0 aliphatic carbocycles. The molecule has 0 radical (unpaired) electrons. The van der Waals surface area contributed by atoms with Crippen molar-refractivity contribution in [2.45, 2.75) is 45.7 Å². The standard InChI is InChI=1S/C14H25N3S/c1-14(2,3)16-10-12-4-7-17(8-5-12)11-13-15-6-9-18-13/h6,9,12,16H,4-5,7-8,10-11H2,1-3H3. The fourth-order valence-corrected chi connectivity index (χ4v) is 2.98. The zero-order chi connectivity index (χ0) is 13.0. The Morgan fingerprint density at radius 2 is 2.11 bits per heavy atom. The number of piperidine rings is 1. The fraction of sp³-hybridized carbons (Fsp3) is 0.786. The molecule has 0 saturated carbocycles. The summed E-state index contributed by atoms with van der Waals surface area (Å²) in [5.41, 5.74) is 0.248. The van der Waals surface area contributed by atoms with Crippen LogP contribution >= 0.6 is 11.3 Å². The Bertz CT molecular complexity index is 334. The maximum Gasteiger partial charge on any atom is 0.107 e. The quantitative estimate of drug-likeness (QED) is 0.909. The molecule has 1 aromatic rings. The van der Waals surface area contributed by atoms with Crippen LogP contribution in [0.15, 0.2) is 11.6 Å². The monoisotopic (exact) mass is 267 g/mol. The van der Waals surface area contributed by atoms with Crippen molar-refractivity contribution >= 4 is 11.3 Å². The van der Waals surface area contributed by atoms with Crippen molar-refractivity contribution in [2.24, 2.45) is 5.92 Å². The lowest BCUT2D eigenvalue weighted by molar-refractivity contribution is 0.170. The van der Waals surface area contributed by atoms with Gasteiger partial charge in [-0.05, 0) is 59.2 Å². The third-order valence-corrected chi connectivity index (χ3v) is 4.23. The van der Waals surface area contributed by atoms with Crippen molar-refractivity contribution in [1.82, 2.24) is 15.2 Å². The van der Waals surface area contributed by atoms with E-state index < -0.39 is 0 Å². The number of aromatic nitrogens is 1. The maximum absolute atomic E-state index is 4.36. The Balaban J connectivity index is 1.68. The molecule has 18 heavy (non-hydrogen) atoms. The van der Waals surface area contributed by atoms with Crippen LogP contribution in [0.25, 0.3) is 0 Å². The predicted octanol–water partition coefficient (Wildman–Crippen LogP) is 2.74. The third kappa shape index (κ3) is 4.67. The predicted molar refractivity (Wildman–Crippen MR) is 77.9 cm³/mol. The molecule has 0 spiro atoms. The summed E-state index contributed by atoms with van der Waals surface area (Å²) in [6, 6.07) is 0. The Morgan fingerprint density at radius 3 is 2.67 bits per heavy atom. The molecule has 3 nitrogen and oxygen atoms in total. The molecule has 2 heterocycles. The van der Waals surface area contributed by atoms with E-state index in [0.717, 1.165) is 19.0 Å². The minimum absolute atomic E-state index is 0.248. The van der Waals surface area contributed by atoms with Gasteiger partial charge in [-0.1, -0.05) is 0 Å². The number of nitrogens with one attached hydrogen (secondary N) is 1. The fourth-order valence-electron chi connectivity index (χ4n) is 2.32. The molecule has 0 atom stereocenters. The highest BCUT2D eigenvalue weighted by molar-refractivity contribution is 7.09. The minimum atomic E-state index is 0.248. The first-order chi connectivity index (χ1) is 8.53. The van der Waals surface area contributed by atoms with Crippen molar-refractivity contribution in [3.05, 3.63) is 16.6 Å². The van der Waals surface area contributed by atoms with Crippen LogP contribution in [0.1, 0.15) is 38.6 Å². The lowest BCUT2D eigenvalue weighted by atomic mass is 9.95. The van der Waals surface area contributed by atoms with Crippen LogP contribution in [-0.2, 0) is 6.54 Å². The molecule has 1 saturated heterocycles. The van der Waals surface area contributed by atoms with Gasteiger partial charge in [0.1, 0.15) is 5.01 Å². The molecule has 0 aromatic carbocycles. The Kier molecular flexibility index (Phi) is 4.76. The number of nitrogens with zero attached hydrogens (tertiary/aromatic N) is 2. The van der Waals surface area contributed by atoms with Gasteiger partial charge in [0.15, 0.2) is 0 Å². The van der Waals surface area contributed by atoms with Gasteiger partial charge in [0.2, 0.25) is 0 Å². The van der Waals surface area contributed by atoms with Crippen molar-refractivity contribution in [1.29, 1.82) is 0 Å². The van der Waals surface area contributed by atoms with Crippen LogP contribution in [0, 0.1) is 5.92 Å². The van der Waals surface area contributed by atoms with E-state index in [9.17, 15) is 0 Å². The highest BCUT2D eigenvalue weighted by atomic mass is 32.1. The van der Waals surface area contributed by atoms with Gasteiger partial charge >= 0.3 is 0 Å². The van der Waals surface area contributed by atoms with Crippen LogP contribution in [-0.4, -0.2) is 35.1 Å². The first-order valence-corrected chi connectivity index (χ1v) is 7.77. The number of rotatable bonds is 4. The third-order valence-electron chi connectivity index (χ3n) is 3.47. The molecule has 0 unspecified atom stereocenters. The van der Waals surface area contributed by atoms with Gasteiger partial charge in [-0.25, -0.2) is 4.98 Å². The van der Waals surface area contributed by atoms with Gasteiger partial charge in [0.25, 0.3) is 0 Å². The van der Waals surface area contributed by atoms with E-state index in [-0.39, 0.29) is 5.54 Å². The Morgan fingerprint density at radius 1 is 1.39 bits per heavy atom. The van der Waals surface area contributed by atoms with E-state index in [0.29, 0.717) is 0 Å². The minimum Gasteiger partial charge on any atom is -0.312 e. The van der Waals surface area contributed by atoms with Crippen molar-refractivity contribution in [3.8, 4) is 0 Å². The summed E-state index contributed by atoms with van der Waals surface area (Å²) in [6.07, 6.45) is 4.53. The molecular weight excluding hydrogens is 242 g/mol. The Labute approximate surface area is 115 Å². The average molecular weight is 267 g/mol. The number of hydrogen-bond donors (Lipinski definition) is 1. The smallest absolute Gasteiger partial charge is 0.107 e. The van der Waals surface area contributed by atoms with Crippen LogP contribution < -0.4 is 5.32 Å². The van der Waals surface area contributed by atoms with Gasteiger partial charge in [0.05, 0.1) is 6.54 Å². The second-order valence-corrected chi connectivity index (χ2v) is 7.26. The van der Waals surface area contributed by atoms with Crippen molar-refractivity contribution in [2.75, 3.05) is 19.6 Å². The second kappa shape index (κ2) is 6.13. The second-order valence-electron chi connectivity index (χ2n) is 6.28. The summed E-state index contributed by atoms with van der Waals surface area (Å²) < 4.78 is 0. The van der Waals surface area contributed by atoms with Crippen LogP contribution in [0.2, 0.25) is 0 Å². The summed E-state index contributed by atoms with van der Waals surface area (Å²) >= 11 is 1.77. The normalized spacial score (nSPS) is 19.3. The van der Waals surface area contributed by atoms with Gasteiger partial charge < -0.3 is 5.32 Å². The van der Waals surface area contributed by atoms with E-state index in [1.165, 1.54) is 30.9 Å². The largest absolute Gasteiger partial charge is 0.312 e. The molecule has 1 N–H and O–H groups in total. The average Bonchev–Trinajstić information content (AvgIpc) is 2.80. The molecule has 0 amide bonds. The highest BCUT2D eigenvalue weighted by Gasteiger charge is 2.21. The topological polar surface area (TPSA) is 28.2 Å². The van der Waals surface area contributed by atoms with E-state index in [4.69, 9.17) is 0 Å². The number of likely N-dealkylation sites (tertiary alicyclic amines) is 1. The molecule has 1 aliphatic rings. The zero-order valence-corrected chi connectivity index (χ0v) is 12.6. The molecule has 1 aliphatic heterocycles.